The summed E-state index contributed by atoms with van der Waals surface area (Å²) in [5.74, 6) is 0.945. The first-order chi connectivity index (χ1) is 15.6. The highest BCUT2D eigenvalue weighted by atomic mass is 19.1. The Morgan fingerprint density at radius 3 is 2.45 bits per heavy atom. The highest BCUT2D eigenvalue weighted by Crippen LogP contribution is 2.31. The van der Waals surface area contributed by atoms with Gasteiger partial charge in [-0.3, -0.25) is 9.79 Å². The minimum atomic E-state index is -0.451. The summed E-state index contributed by atoms with van der Waals surface area (Å²) in [6, 6.07) is 5.90. The second-order valence-corrected chi connectivity index (χ2v) is 8.38. The second-order valence-electron chi connectivity index (χ2n) is 8.38. The van der Waals surface area contributed by atoms with Crippen LogP contribution in [0.2, 0.25) is 0 Å². The summed E-state index contributed by atoms with van der Waals surface area (Å²) in [6.07, 6.45) is 3.44. The quantitative estimate of drug-likeness (QED) is 0.484. The third kappa shape index (κ3) is 5.71. The van der Waals surface area contributed by atoms with Crippen LogP contribution in [0.1, 0.15) is 35.6 Å². The number of hydrogen-bond donors (Lipinski definition) is 2. The predicted molar refractivity (Wildman–Crippen MR) is 128 cm³/mol. The maximum Gasteiger partial charge on any atom is 0.258 e. The van der Waals surface area contributed by atoms with Crippen LogP contribution in [0.15, 0.2) is 41.7 Å². The Kier molecular flexibility index (Phi) is 7.05. The summed E-state index contributed by atoms with van der Waals surface area (Å²) in [5, 5.41) is 10.7. The van der Waals surface area contributed by atoms with Crippen molar-refractivity contribution in [3.05, 3.63) is 59.4 Å². The molecule has 10 heteroatoms. The van der Waals surface area contributed by atoms with E-state index in [2.05, 4.69) is 32.3 Å². The van der Waals surface area contributed by atoms with E-state index in [0.29, 0.717) is 41.8 Å². The molecule has 0 saturated heterocycles. The Morgan fingerprint density at radius 1 is 1.24 bits per heavy atom. The van der Waals surface area contributed by atoms with Gasteiger partial charge in [0.1, 0.15) is 23.0 Å². The summed E-state index contributed by atoms with van der Waals surface area (Å²) < 4.78 is 15.1. The Morgan fingerprint density at radius 2 is 1.88 bits per heavy atom. The zero-order valence-electron chi connectivity index (χ0n) is 19.6. The van der Waals surface area contributed by atoms with Gasteiger partial charge < -0.3 is 15.5 Å². The van der Waals surface area contributed by atoms with Crippen LogP contribution in [0.25, 0.3) is 0 Å². The van der Waals surface area contributed by atoms with Gasteiger partial charge in [-0.05, 0) is 51.8 Å². The molecule has 9 nitrogen and oxygen atoms in total. The third-order valence-electron chi connectivity index (χ3n) is 5.08. The molecule has 2 heterocycles. The zero-order chi connectivity index (χ0) is 24.2. The molecular weight excluding hydrogens is 423 g/mol. The number of hydrogen-bond acceptors (Lipinski definition) is 7. The molecule has 2 aromatic heterocycles. The van der Waals surface area contributed by atoms with Gasteiger partial charge in [0.25, 0.3) is 5.91 Å². The molecule has 3 rings (SSSR count). The minimum absolute atomic E-state index is 0.308. The first kappa shape index (κ1) is 23.8. The second kappa shape index (κ2) is 9.76. The van der Waals surface area contributed by atoms with E-state index in [-0.39, 0.29) is 11.7 Å². The molecule has 0 aliphatic carbocycles. The Balaban J connectivity index is 2.12. The van der Waals surface area contributed by atoms with Crippen molar-refractivity contribution >= 4 is 29.9 Å². The highest BCUT2D eigenvalue weighted by molar-refractivity contribution is 6.04. The summed E-state index contributed by atoms with van der Waals surface area (Å²) in [7, 11) is 3.41. The molecule has 3 aromatic rings. The fraction of sp³-hybridized carbons (Fsp3) is 0.348. The van der Waals surface area contributed by atoms with Crippen molar-refractivity contribution in [2.45, 2.75) is 32.9 Å². The van der Waals surface area contributed by atoms with Gasteiger partial charge in [0, 0.05) is 44.3 Å². The number of nitrogens with one attached hydrogen (secondary N) is 2. The number of anilines is 3. The number of carbonyl (C=O) groups excluding carboxylic acids is 1. The lowest BCUT2D eigenvalue weighted by molar-refractivity contribution is 0.0964. The van der Waals surface area contributed by atoms with Crippen molar-refractivity contribution in [1.82, 2.24) is 25.1 Å². The Labute approximate surface area is 192 Å². The molecule has 174 valence electrons. The van der Waals surface area contributed by atoms with Gasteiger partial charge in [0.15, 0.2) is 5.82 Å². The van der Waals surface area contributed by atoms with Crippen molar-refractivity contribution in [1.29, 1.82) is 0 Å². The van der Waals surface area contributed by atoms with Gasteiger partial charge in [-0.15, -0.1) is 0 Å². The first-order valence-electron chi connectivity index (χ1n) is 10.5. The summed E-state index contributed by atoms with van der Waals surface area (Å²) in [4.78, 5) is 27.5. The normalized spacial score (nSPS) is 11.2. The standard InChI is InChI=1S/C23H29FN8O/c1-15-27-11-16(12-28-15)13-32-20(29-18-9-7-17(24)8-10-18)19(22(33)25-4)21(30-32)31(6)14-23(2,3)26-5/h7-12,29H,5,13-14H2,1-4,6H3,(H,25,33). The summed E-state index contributed by atoms with van der Waals surface area (Å²) >= 11 is 0. The first-order valence-corrected chi connectivity index (χ1v) is 10.5. The number of halogens is 1. The average molecular weight is 453 g/mol. The zero-order valence-corrected chi connectivity index (χ0v) is 19.6. The maximum atomic E-state index is 13.4. The van der Waals surface area contributed by atoms with E-state index in [1.807, 2.05) is 32.7 Å². The lowest BCUT2D eigenvalue weighted by Gasteiger charge is -2.27. The fourth-order valence-corrected chi connectivity index (χ4v) is 3.34. The van der Waals surface area contributed by atoms with Crippen LogP contribution < -0.4 is 15.5 Å². The van der Waals surface area contributed by atoms with E-state index in [0.717, 1.165) is 5.56 Å². The fourth-order valence-electron chi connectivity index (χ4n) is 3.34. The number of rotatable bonds is 9. The monoisotopic (exact) mass is 452 g/mol. The summed E-state index contributed by atoms with van der Waals surface area (Å²) in [5.41, 5.74) is 1.34. The molecule has 0 saturated carbocycles. The molecule has 2 N–H and O–H groups in total. The average Bonchev–Trinajstić information content (AvgIpc) is 3.14. The van der Waals surface area contributed by atoms with Crippen molar-refractivity contribution in [3.8, 4) is 0 Å². The number of nitrogens with zero attached hydrogens (tertiary/aromatic N) is 6. The van der Waals surface area contributed by atoms with Crippen LogP contribution in [0.4, 0.5) is 21.7 Å². The Hall–Kier alpha value is -3.82. The number of aryl methyl sites for hydroxylation is 1. The summed E-state index contributed by atoms with van der Waals surface area (Å²) in [6.45, 7) is 10.2. The van der Waals surface area contributed by atoms with Crippen LogP contribution in [-0.2, 0) is 6.54 Å². The molecule has 0 bridgehead atoms. The SMILES string of the molecule is C=NC(C)(C)CN(C)c1nn(Cc2cnc(C)nc2)c(Nc2ccc(F)cc2)c1C(=O)NC. The van der Waals surface area contributed by atoms with Gasteiger partial charge in [0.2, 0.25) is 0 Å². The van der Waals surface area contributed by atoms with Crippen LogP contribution in [0.5, 0.6) is 0 Å². The molecular formula is C23H29FN8O. The van der Waals surface area contributed by atoms with Crippen molar-refractivity contribution in [3.63, 3.8) is 0 Å². The van der Waals surface area contributed by atoms with Gasteiger partial charge in [0.05, 0.1) is 12.1 Å². The lowest BCUT2D eigenvalue weighted by Crippen LogP contribution is -2.36. The van der Waals surface area contributed by atoms with Gasteiger partial charge >= 0.3 is 0 Å². The number of carbonyl (C=O) groups is 1. The predicted octanol–water partition coefficient (Wildman–Crippen LogP) is 3.19. The van der Waals surface area contributed by atoms with E-state index in [9.17, 15) is 9.18 Å². The number of benzene rings is 1. The van der Waals surface area contributed by atoms with Gasteiger partial charge in [-0.2, -0.15) is 5.10 Å². The molecule has 1 aromatic carbocycles. The van der Waals surface area contributed by atoms with E-state index in [1.54, 1.807) is 36.3 Å². The van der Waals surface area contributed by atoms with Crippen LogP contribution >= 0.6 is 0 Å². The molecule has 0 atom stereocenters. The van der Waals surface area contributed by atoms with Crippen molar-refractivity contribution in [2.24, 2.45) is 4.99 Å². The molecule has 1 amide bonds. The van der Waals surface area contributed by atoms with Gasteiger partial charge in [-0.1, -0.05) is 0 Å². The van der Waals surface area contributed by atoms with Crippen LogP contribution in [0, 0.1) is 12.7 Å². The topological polar surface area (TPSA) is 100 Å². The molecule has 33 heavy (non-hydrogen) atoms. The molecule has 0 radical (unpaired) electrons. The van der Waals surface area contributed by atoms with E-state index < -0.39 is 5.54 Å². The largest absolute Gasteiger partial charge is 0.355 e. The number of likely N-dealkylation sites (N-methyl/N-ethyl adjacent to an activating group) is 1. The molecule has 0 aliphatic heterocycles. The third-order valence-corrected chi connectivity index (χ3v) is 5.08. The minimum Gasteiger partial charge on any atom is -0.355 e. The highest BCUT2D eigenvalue weighted by Gasteiger charge is 2.28. The van der Waals surface area contributed by atoms with E-state index in [1.165, 1.54) is 12.1 Å². The molecule has 0 unspecified atom stereocenters. The van der Waals surface area contributed by atoms with Crippen molar-refractivity contribution < 1.29 is 9.18 Å². The Bertz CT molecular complexity index is 1120. The molecule has 0 spiro atoms. The van der Waals surface area contributed by atoms with E-state index >= 15 is 0 Å². The lowest BCUT2D eigenvalue weighted by atomic mass is 10.1. The van der Waals surface area contributed by atoms with Crippen LogP contribution in [-0.4, -0.2) is 58.6 Å². The molecule has 0 fully saturated rings. The maximum absolute atomic E-state index is 13.4. The van der Waals surface area contributed by atoms with Gasteiger partial charge in [-0.25, -0.2) is 19.0 Å². The smallest absolute Gasteiger partial charge is 0.258 e. The van der Waals surface area contributed by atoms with Crippen molar-refractivity contribution in [2.75, 3.05) is 30.9 Å². The molecule has 0 aliphatic rings. The van der Waals surface area contributed by atoms with E-state index in [4.69, 9.17) is 5.10 Å². The van der Waals surface area contributed by atoms with Crippen LogP contribution in [0.3, 0.4) is 0 Å². The number of aliphatic imine (C=N–C) groups is 1. The number of amides is 1. The number of aromatic nitrogens is 4.